The van der Waals surface area contributed by atoms with Gasteiger partial charge in [0.1, 0.15) is 18.1 Å². The van der Waals surface area contributed by atoms with E-state index < -0.39 is 54.3 Å². The van der Waals surface area contributed by atoms with Gasteiger partial charge in [-0.1, -0.05) is 0 Å². The monoisotopic (exact) mass is 304 g/mol. The van der Waals surface area contributed by atoms with E-state index in [0.717, 1.165) is 0 Å². The van der Waals surface area contributed by atoms with Gasteiger partial charge in [-0.2, -0.15) is 0 Å². The molecule has 0 aliphatic heterocycles. The molecule has 0 aliphatic rings. The molecule has 0 aromatic heterocycles. The Balaban J connectivity index is 4.59. The fourth-order valence-corrected chi connectivity index (χ4v) is 1.29. The quantitative estimate of drug-likeness (QED) is 0.270. The van der Waals surface area contributed by atoms with Crippen molar-refractivity contribution in [2.45, 2.75) is 44.5 Å². The first-order valence-electron chi connectivity index (χ1n) is 6.11. The smallest absolute Gasteiger partial charge is 0.326 e. The van der Waals surface area contributed by atoms with Crippen molar-refractivity contribution in [1.82, 2.24) is 10.6 Å². The van der Waals surface area contributed by atoms with Crippen LogP contribution in [0.4, 0.5) is 0 Å². The summed E-state index contributed by atoms with van der Waals surface area (Å²) in [7, 11) is 0. The van der Waals surface area contributed by atoms with E-state index in [9.17, 15) is 19.2 Å². The van der Waals surface area contributed by atoms with Gasteiger partial charge in [0, 0.05) is 0 Å². The molecule has 0 fully saturated rings. The summed E-state index contributed by atoms with van der Waals surface area (Å²) >= 11 is 0. The third kappa shape index (κ3) is 6.68. The van der Waals surface area contributed by atoms with Gasteiger partial charge in [0.05, 0.1) is 12.5 Å². The van der Waals surface area contributed by atoms with Crippen LogP contribution in [0.1, 0.15) is 20.3 Å². The Hall–Kier alpha value is -2.20. The number of carbonyl (C=O) groups is 4. The number of rotatable bonds is 8. The van der Waals surface area contributed by atoms with E-state index in [1.165, 1.54) is 13.8 Å². The van der Waals surface area contributed by atoms with Crippen molar-refractivity contribution in [2.75, 3.05) is 0 Å². The molecule has 0 saturated carbocycles. The molecule has 0 unspecified atom stereocenters. The molecule has 0 aromatic carbocycles. The van der Waals surface area contributed by atoms with Crippen molar-refractivity contribution in [3.05, 3.63) is 0 Å². The molecule has 0 radical (unpaired) electrons. The lowest BCUT2D eigenvalue weighted by molar-refractivity contribution is -0.143. The van der Waals surface area contributed by atoms with Crippen LogP contribution in [0.15, 0.2) is 0 Å². The zero-order valence-electron chi connectivity index (χ0n) is 11.7. The minimum Gasteiger partial charge on any atom is -0.480 e. The summed E-state index contributed by atoms with van der Waals surface area (Å²) in [4.78, 5) is 44.8. The summed E-state index contributed by atoms with van der Waals surface area (Å²) < 4.78 is 0. The number of aliphatic carboxylic acids is 1. The summed E-state index contributed by atoms with van der Waals surface area (Å²) in [6.45, 7) is 2.60. The van der Waals surface area contributed by atoms with Gasteiger partial charge in [-0.25, -0.2) is 4.79 Å². The molecule has 10 nitrogen and oxygen atoms in total. The van der Waals surface area contributed by atoms with Crippen molar-refractivity contribution in [3.63, 3.8) is 0 Å². The summed E-state index contributed by atoms with van der Waals surface area (Å²) in [5.74, 6) is -3.92. The second-order valence-corrected chi connectivity index (χ2v) is 4.57. The van der Waals surface area contributed by atoms with Gasteiger partial charge in [0.2, 0.25) is 17.7 Å². The Labute approximate surface area is 120 Å². The van der Waals surface area contributed by atoms with Crippen molar-refractivity contribution in [3.8, 4) is 0 Å². The van der Waals surface area contributed by atoms with Crippen LogP contribution >= 0.6 is 0 Å². The normalized spacial score (nSPS) is 16.2. The van der Waals surface area contributed by atoms with E-state index in [2.05, 4.69) is 10.6 Å². The third-order valence-electron chi connectivity index (χ3n) is 2.59. The van der Waals surface area contributed by atoms with Crippen LogP contribution in [0, 0.1) is 0 Å². The van der Waals surface area contributed by atoms with E-state index >= 15 is 0 Å². The van der Waals surface area contributed by atoms with Crippen LogP contribution in [-0.4, -0.2) is 58.1 Å². The molecule has 10 heteroatoms. The van der Waals surface area contributed by atoms with Crippen molar-refractivity contribution in [2.24, 2.45) is 11.5 Å². The largest absolute Gasteiger partial charge is 0.480 e. The zero-order chi connectivity index (χ0) is 16.7. The number of hydrogen-bond acceptors (Lipinski definition) is 6. The minimum absolute atomic E-state index is 0.574. The van der Waals surface area contributed by atoms with Gasteiger partial charge in [-0.3, -0.25) is 14.4 Å². The first-order valence-corrected chi connectivity index (χ1v) is 6.11. The van der Waals surface area contributed by atoms with Crippen LogP contribution in [-0.2, 0) is 19.2 Å². The van der Waals surface area contributed by atoms with E-state index in [0.29, 0.717) is 0 Å². The third-order valence-corrected chi connectivity index (χ3v) is 2.59. The minimum atomic E-state index is -1.49. The van der Waals surface area contributed by atoms with Gasteiger partial charge in [-0.15, -0.1) is 0 Å². The molecule has 0 heterocycles. The Morgan fingerprint density at radius 3 is 2.00 bits per heavy atom. The Morgan fingerprint density at radius 2 is 1.62 bits per heavy atom. The molecule has 0 aromatic rings. The number of hydrogen-bond donors (Lipinski definition) is 6. The number of primary amides is 1. The highest BCUT2D eigenvalue weighted by atomic mass is 16.4. The molecule has 21 heavy (non-hydrogen) atoms. The van der Waals surface area contributed by atoms with Crippen LogP contribution in [0.3, 0.4) is 0 Å². The number of carboxylic acids is 1. The fraction of sp³-hybridized carbons (Fsp3) is 0.636. The predicted molar refractivity (Wildman–Crippen MR) is 70.6 cm³/mol. The van der Waals surface area contributed by atoms with E-state index in [4.69, 9.17) is 21.7 Å². The summed E-state index contributed by atoms with van der Waals surface area (Å²) in [6.07, 6.45) is -1.68. The van der Waals surface area contributed by atoms with Gasteiger partial charge < -0.3 is 32.3 Å². The highest BCUT2D eigenvalue weighted by molar-refractivity contribution is 5.93. The van der Waals surface area contributed by atoms with E-state index in [-0.39, 0.29) is 0 Å². The van der Waals surface area contributed by atoms with Crippen LogP contribution in [0.5, 0.6) is 0 Å². The van der Waals surface area contributed by atoms with Gasteiger partial charge in [0.25, 0.3) is 0 Å². The topological polar surface area (TPSA) is 185 Å². The van der Waals surface area contributed by atoms with Gasteiger partial charge in [-0.05, 0) is 13.8 Å². The first kappa shape index (κ1) is 18.8. The Bertz CT molecular complexity index is 425. The van der Waals surface area contributed by atoms with Crippen molar-refractivity contribution >= 4 is 23.7 Å². The molecular formula is C11H20N4O6. The standard InChI is InChI=1S/C11H20N4O6/c1-4(14-10(19)8(13)5(2)16)9(18)15-6(11(20)21)3-7(12)17/h4-6,8,16H,3,13H2,1-2H3,(H2,12,17)(H,14,19)(H,15,18)(H,20,21)/t4-,5+,6+,8-/m1/s1. The second-order valence-electron chi connectivity index (χ2n) is 4.57. The Kier molecular flexibility index (Phi) is 7.31. The number of nitrogens with two attached hydrogens (primary N) is 2. The van der Waals surface area contributed by atoms with Crippen molar-refractivity contribution in [1.29, 1.82) is 0 Å². The maximum absolute atomic E-state index is 11.7. The maximum atomic E-state index is 11.7. The molecule has 0 aliphatic carbocycles. The van der Waals surface area contributed by atoms with Crippen LogP contribution in [0.25, 0.3) is 0 Å². The number of amides is 3. The summed E-state index contributed by atoms with van der Waals surface area (Å²) in [5.41, 5.74) is 10.2. The molecule has 4 atom stereocenters. The fourth-order valence-electron chi connectivity index (χ4n) is 1.29. The van der Waals surface area contributed by atoms with E-state index in [1.54, 1.807) is 0 Å². The Morgan fingerprint density at radius 1 is 1.10 bits per heavy atom. The molecule has 0 spiro atoms. The van der Waals surface area contributed by atoms with Crippen LogP contribution < -0.4 is 22.1 Å². The number of carbonyl (C=O) groups excluding carboxylic acids is 3. The highest BCUT2D eigenvalue weighted by Crippen LogP contribution is 1.95. The summed E-state index contributed by atoms with van der Waals surface area (Å²) in [6, 6.07) is -3.81. The molecular weight excluding hydrogens is 284 g/mol. The number of aliphatic hydroxyl groups excluding tert-OH is 1. The average molecular weight is 304 g/mol. The molecule has 3 amide bonds. The second kappa shape index (κ2) is 8.17. The van der Waals surface area contributed by atoms with Crippen LogP contribution in [0.2, 0.25) is 0 Å². The lowest BCUT2D eigenvalue weighted by Crippen LogP contribution is -2.55. The number of nitrogens with one attached hydrogen (secondary N) is 2. The lowest BCUT2D eigenvalue weighted by atomic mass is 10.1. The molecule has 0 rings (SSSR count). The van der Waals surface area contributed by atoms with Gasteiger partial charge in [0.15, 0.2) is 0 Å². The number of aliphatic hydroxyl groups is 1. The predicted octanol–water partition coefficient (Wildman–Crippen LogP) is -3.36. The summed E-state index contributed by atoms with van der Waals surface area (Å²) in [5, 5.41) is 22.3. The highest BCUT2D eigenvalue weighted by Gasteiger charge is 2.27. The number of carboxylic acid groups (broad SMARTS) is 1. The SMILES string of the molecule is C[C@H](O)[C@@H](N)C(=O)N[C@H](C)C(=O)N[C@@H](CC(N)=O)C(=O)O. The molecule has 8 N–H and O–H groups in total. The zero-order valence-corrected chi connectivity index (χ0v) is 11.7. The van der Waals surface area contributed by atoms with Gasteiger partial charge >= 0.3 is 5.97 Å². The average Bonchev–Trinajstić information content (AvgIpc) is 2.35. The maximum Gasteiger partial charge on any atom is 0.326 e. The molecule has 0 saturated heterocycles. The molecule has 0 bridgehead atoms. The molecule has 120 valence electrons. The first-order chi connectivity index (χ1) is 9.56. The van der Waals surface area contributed by atoms with E-state index in [1.807, 2.05) is 0 Å². The lowest BCUT2D eigenvalue weighted by Gasteiger charge is -2.20. The van der Waals surface area contributed by atoms with Crippen molar-refractivity contribution < 1.29 is 29.4 Å².